The van der Waals surface area contributed by atoms with Crippen LogP contribution in [-0.4, -0.2) is 50.8 Å². The van der Waals surface area contributed by atoms with Gasteiger partial charge in [-0.25, -0.2) is 0 Å². The second-order valence-corrected chi connectivity index (χ2v) is 14.5. The topological polar surface area (TPSA) is 48.1 Å². The van der Waals surface area contributed by atoms with Crippen LogP contribution < -0.4 is 21.3 Å². The van der Waals surface area contributed by atoms with E-state index in [0.29, 0.717) is 11.6 Å². The summed E-state index contributed by atoms with van der Waals surface area (Å²) in [5.41, 5.74) is 9.91. The quantitative estimate of drug-likeness (QED) is 0.287. The summed E-state index contributed by atoms with van der Waals surface area (Å²) < 4.78 is 0. The molecule has 202 valence electrons. The molecule has 0 spiro atoms. The van der Waals surface area contributed by atoms with Gasteiger partial charge in [-0.1, -0.05) is 89.4 Å². The molecule has 0 saturated carbocycles. The van der Waals surface area contributed by atoms with Gasteiger partial charge in [-0.05, 0) is 62.7 Å². The zero-order valence-electron chi connectivity index (χ0n) is 23.2. The van der Waals surface area contributed by atoms with E-state index in [4.69, 9.17) is 0 Å². The molecule has 3 aromatic carbocycles. The molecule has 2 saturated heterocycles. The fourth-order valence-corrected chi connectivity index (χ4v) is 9.51. The van der Waals surface area contributed by atoms with E-state index >= 15 is 0 Å². The van der Waals surface area contributed by atoms with Gasteiger partial charge >= 0.3 is 0 Å². The van der Waals surface area contributed by atoms with Crippen LogP contribution in [0.2, 0.25) is 0 Å². The number of piperazine rings is 2. The average molecular weight is 547 g/mol. The van der Waals surface area contributed by atoms with E-state index < -0.39 is 0 Å². The van der Waals surface area contributed by atoms with Crippen LogP contribution in [-0.2, 0) is 17.7 Å². The van der Waals surface area contributed by atoms with E-state index in [1.165, 1.54) is 33.4 Å². The van der Waals surface area contributed by atoms with E-state index in [1.807, 2.05) is 0 Å². The highest BCUT2D eigenvalue weighted by Gasteiger charge is 2.35. The molecular formula is C32H44N4P2. The van der Waals surface area contributed by atoms with E-state index in [-0.39, 0.29) is 13.3 Å². The summed E-state index contributed by atoms with van der Waals surface area (Å²) in [7, 11) is 2.69. The van der Waals surface area contributed by atoms with Crippen molar-refractivity contribution in [3.8, 4) is 22.3 Å². The summed E-state index contributed by atoms with van der Waals surface area (Å²) in [5, 5.41) is 15.2. The van der Waals surface area contributed by atoms with Crippen molar-refractivity contribution in [3.63, 3.8) is 0 Å². The molecule has 38 heavy (non-hydrogen) atoms. The summed E-state index contributed by atoms with van der Waals surface area (Å²) in [5.74, 6) is 1.02. The number of hydrogen-bond donors (Lipinski definition) is 4. The molecule has 5 rings (SSSR count). The number of hydrogen-bond acceptors (Lipinski definition) is 4. The van der Waals surface area contributed by atoms with Crippen molar-refractivity contribution in [1.82, 2.24) is 21.3 Å². The standard InChI is InChI=1S/C32H44N4P2/c1-32(2,3)31-27(22-38(28-19-33-14-16-35-28)29-20-34-15-17-36-29)25(21-37)18-26(23-10-6-4-7-11-23)30(31)24-12-8-5-9-13-24/h4-13,18,28-29,33-36H,14-17,19-22,37H2,1-3H3. The SMILES string of the molecule is CC(C)(C)c1c(CP(C2CNCCN2)C2CNCCN2)c(CP)cc(-c2ccccc2)c1-c1ccccc1. The lowest BCUT2D eigenvalue weighted by Crippen LogP contribution is -2.53. The minimum Gasteiger partial charge on any atom is -0.314 e. The fourth-order valence-electron chi connectivity index (χ4n) is 6.09. The molecule has 0 amide bonds. The van der Waals surface area contributed by atoms with Gasteiger partial charge in [-0.2, -0.15) is 0 Å². The Kier molecular flexibility index (Phi) is 9.32. The van der Waals surface area contributed by atoms with Gasteiger partial charge in [0.15, 0.2) is 0 Å². The third kappa shape index (κ3) is 6.23. The van der Waals surface area contributed by atoms with Crippen LogP contribution in [0, 0.1) is 0 Å². The largest absolute Gasteiger partial charge is 0.314 e. The molecule has 2 aliphatic rings. The molecular weight excluding hydrogens is 502 g/mol. The molecule has 0 aliphatic carbocycles. The molecule has 4 N–H and O–H groups in total. The minimum atomic E-state index is -0.360. The van der Waals surface area contributed by atoms with Gasteiger partial charge in [-0.3, -0.25) is 0 Å². The van der Waals surface area contributed by atoms with Crippen LogP contribution in [0.5, 0.6) is 0 Å². The van der Waals surface area contributed by atoms with Gasteiger partial charge in [0.2, 0.25) is 0 Å². The summed E-state index contributed by atoms with van der Waals surface area (Å²) in [4.78, 5) is 0. The fraction of sp³-hybridized carbons (Fsp3) is 0.438. The lowest BCUT2D eigenvalue weighted by molar-refractivity contribution is 0.472. The Labute approximate surface area is 233 Å². The van der Waals surface area contributed by atoms with Gasteiger partial charge in [0, 0.05) is 50.8 Å². The number of rotatable bonds is 7. The first-order chi connectivity index (χ1) is 18.5. The Balaban J connectivity index is 1.72. The highest BCUT2D eigenvalue weighted by atomic mass is 31.1. The van der Waals surface area contributed by atoms with Crippen molar-refractivity contribution < 1.29 is 0 Å². The smallest absolute Gasteiger partial charge is 0.0413 e. The van der Waals surface area contributed by atoms with Gasteiger partial charge < -0.3 is 21.3 Å². The molecule has 0 aromatic heterocycles. The summed E-state index contributed by atoms with van der Waals surface area (Å²) in [6.07, 6.45) is 2.09. The predicted molar refractivity (Wildman–Crippen MR) is 169 cm³/mol. The third-order valence-electron chi connectivity index (χ3n) is 7.82. The first kappa shape index (κ1) is 27.9. The van der Waals surface area contributed by atoms with E-state index in [9.17, 15) is 0 Å². The van der Waals surface area contributed by atoms with Crippen LogP contribution in [0.25, 0.3) is 22.3 Å². The molecule has 2 fully saturated rings. The Bertz CT molecular complexity index is 1160. The first-order valence-electron chi connectivity index (χ1n) is 14.1. The number of nitrogens with one attached hydrogen (secondary N) is 4. The molecule has 3 atom stereocenters. The van der Waals surface area contributed by atoms with Gasteiger partial charge in [0.1, 0.15) is 0 Å². The van der Waals surface area contributed by atoms with Crippen LogP contribution >= 0.6 is 17.2 Å². The molecule has 2 aliphatic heterocycles. The normalized spacial score (nSPS) is 21.3. The zero-order valence-corrected chi connectivity index (χ0v) is 25.2. The van der Waals surface area contributed by atoms with Crippen LogP contribution in [0.3, 0.4) is 0 Å². The predicted octanol–water partition coefficient (Wildman–Crippen LogP) is 5.71. The Hall–Kier alpha value is -1.64. The van der Waals surface area contributed by atoms with Crippen molar-refractivity contribution in [2.45, 2.75) is 50.1 Å². The molecule has 3 aromatic rings. The molecule has 3 unspecified atom stereocenters. The first-order valence-corrected chi connectivity index (χ1v) is 16.6. The van der Waals surface area contributed by atoms with Crippen LogP contribution in [0.15, 0.2) is 66.7 Å². The maximum absolute atomic E-state index is 3.91. The van der Waals surface area contributed by atoms with Crippen molar-refractivity contribution in [1.29, 1.82) is 0 Å². The number of benzene rings is 3. The third-order valence-corrected chi connectivity index (χ3v) is 11.3. The van der Waals surface area contributed by atoms with Crippen LogP contribution in [0.4, 0.5) is 0 Å². The highest BCUT2D eigenvalue weighted by molar-refractivity contribution is 7.58. The van der Waals surface area contributed by atoms with E-state index in [2.05, 4.69) is 118 Å². The minimum absolute atomic E-state index is 0.00260. The second-order valence-electron chi connectivity index (χ2n) is 11.5. The van der Waals surface area contributed by atoms with E-state index in [0.717, 1.165) is 51.6 Å². The maximum atomic E-state index is 3.91. The van der Waals surface area contributed by atoms with Crippen molar-refractivity contribution in [2.24, 2.45) is 0 Å². The maximum Gasteiger partial charge on any atom is 0.0413 e. The van der Waals surface area contributed by atoms with Crippen molar-refractivity contribution in [3.05, 3.63) is 83.4 Å². The summed E-state index contributed by atoms with van der Waals surface area (Å²) in [6, 6.07) is 24.6. The van der Waals surface area contributed by atoms with E-state index in [1.54, 1.807) is 5.56 Å². The molecule has 0 bridgehead atoms. The Morgan fingerprint density at radius 1 is 0.789 bits per heavy atom. The molecule has 0 radical (unpaired) electrons. The van der Waals surface area contributed by atoms with Crippen LogP contribution in [0.1, 0.15) is 37.5 Å². The molecule has 4 nitrogen and oxygen atoms in total. The lowest BCUT2D eigenvalue weighted by Gasteiger charge is -2.41. The van der Waals surface area contributed by atoms with Crippen molar-refractivity contribution in [2.75, 3.05) is 39.3 Å². The average Bonchev–Trinajstić information content (AvgIpc) is 2.96. The molecule has 6 heteroatoms. The summed E-state index contributed by atoms with van der Waals surface area (Å²) in [6.45, 7) is 13.5. The highest BCUT2D eigenvalue weighted by Crippen LogP contribution is 2.53. The zero-order chi connectivity index (χ0) is 26.5. The molecule has 2 heterocycles. The summed E-state index contributed by atoms with van der Waals surface area (Å²) >= 11 is 0. The Morgan fingerprint density at radius 2 is 1.34 bits per heavy atom. The van der Waals surface area contributed by atoms with Gasteiger partial charge in [0.05, 0.1) is 0 Å². The monoisotopic (exact) mass is 546 g/mol. The van der Waals surface area contributed by atoms with Gasteiger partial charge in [0.25, 0.3) is 0 Å². The Morgan fingerprint density at radius 3 is 1.82 bits per heavy atom. The lowest BCUT2D eigenvalue weighted by atomic mass is 9.75. The van der Waals surface area contributed by atoms with Gasteiger partial charge in [-0.15, -0.1) is 9.24 Å². The van der Waals surface area contributed by atoms with Crippen molar-refractivity contribution >= 4 is 17.2 Å². The second kappa shape index (κ2) is 12.7.